The van der Waals surface area contributed by atoms with Crippen LogP contribution in [0, 0.1) is 0 Å². The van der Waals surface area contributed by atoms with Crippen LogP contribution in [0.2, 0.25) is 0 Å². The molecule has 0 aliphatic carbocycles. The van der Waals surface area contributed by atoms with Crippen molar-refractivity contribution in [2.45, 2.75) is 220 Å². The molecule has 44 heavy (non-hydrogen) atoms. The molecule has 264 valence electrons. The zero-order valence-corrected chi connectivity index (χ0v) is 31.7. The molecule has 4 nitrogen and oxygen atoms in total. The Balaban J connectivity index is 0. The lowest BCUT2D eigenvalue weighted by Gasteiger charge is -2.04. The van der Waals surface area contributed by atoms with Crippen molar-refractivity contribution in [2.24, 2.45) is 0 Å². The zero-order valence-electron chi connectivity index (χ0n) is 30.1. The molecule has 0 aromatic rings. The molecule has 0 radical (unpaired) electrons. The van der Waals surface area contributed by atoms with Crippen molar-refractivity contribution in [2.75, 3.05) is 11.5 Å². The second kappa shape index (κ2) is 42.6. The van der Waals surface area contributed by atoms with E-state index in [1.54, 1.807) is 0 Å². The summed E-state index contributed by atoms with van der Waals surface area (Å²) in [4.78, 5) is 21.8. The highest BCUT2D eigenvalue weighted by molar-refractivity contribution is 7.95. The van der Waals surface area contributed by atoms with Crippen molar-refractivity contribution < 1.29 is 18.0 Å². The van der Waals surface area contributed by atoms with Crippen LogP contribution in [0.1, 0.15) is 220 Å². The Bertz CT molecular complexity index is 559. The van der Waals surface area contributed by atoms with Gasteiger partial charge in [0, 0.05) is 24.3 Å². The van der Waals surface area contributed by atoms with Gasteiger partial charge in [0.15, 0.2) is 0 Å². The Hall–Kier alpha value is -0.360. The third-order valence-corrected chi connectivity index (χ3v) is 9.56. The van der Waals surface area contributed by atoms with Gasteiger partial charge >= 0.3 is 11.9 Å². The van der Waals surface area contributed by atoms with Crippen molar-refractivity contribution >= 4 is 36.0 Å². The first kappa shape index (κ1) is 45.8. The van der Waals surface area contributed by atoms with Crippen molar-refractivity contribution in [3.05, 3.63) is 0 Å². The van der Waals surface area contributed by atoms with E-state index in [9.17, 15) is 9.59 Å². The van der Waals surface area contributed by atoms with Gasteiger partial charge in [0.1, 0.15) is 0 Å². The van der Waals surface area contributed by atoms with Gasteiger partial charge in [0.2, 0.25) is 0 Å². The van der Waals surface area contributed by atoms with Gasteiger partial charge in [-0.15, -0.1) is 0 Å². The average Bonchev–Trinajstić information content (AvgIpc) is 3.04. The molecule has 0 rings (SSSR count). The first-order chi connectivity index (χ1) is 21.6. The molecule has 0 N–H and O–H groups in total. The molecule has 0 aromatic heterocycles. The highest BCUT2D eigenvalue weighted by atomic mass is 32.2. The number of hydrogen-bond acceptors (Lipinski definition) is 6. The van der Waals surface area contributed by atoms with Gasteiger partial charge in [-0.1, -0.05) is 195 Å². The highest BCUT2D eigenvalue weighted by Gasteiger charge is 2.00. The molecular formula is C38H76O4S2. The van der Waals surface area contributed by atoms with E-state index in [0.717, 1.165) is 11.5 Å². The summed E-state index contributed by atoms with van der Waals surface area (Å²) in [5, 5.41) is 0. The van der Waals surface area contributed by atoms with Crippen molar-refractivity contribution in [3.8, 4) is 0 Å². The first-order valence-corrected chi connectivity index (χ1v) is 21.1. The molecule has 6 heteroatoms. The molecule has 0 saturated heterocycles. The van der Waals surface area contributed by atoms with Gasteiger partial charge in [0.25, 0.3) is 0 Å². The van der Waals surface area contributed by atoms with Crippen LogP contribution in [-0.4, -0.2) is 23.4 Å². The molecule has 0 saturated carbocycles. The molecule has 0 amide bonds. The van der Waals surface area contributed by atoms with Crippen LogP contribution < -0.4 is 0 Å². The second-order valence-corrected chi connectivity index (χ2v) is 14.1. The Morgan fingerprint density at radius 1 is 0.341 bits per heavy atom. The van der Waals surface area contributed by atoms with Crippen LogP contribution in [0.15, 0.2) is 0 Å². The molecule has 0 heterocycles. The minimum atomic E-state index is -0.103. The van der Waals surface area contributed by atoms with Crippen molar-refractivity contribution in [3.63, 3.8) is 0 Å². The summed E-state index contributed by atoms with van der Waals surface area (Å²) >= 11 is 2.64. The summed E-state index contributed by atoms with van der Waals surface area (Å²) in [6.45, 7) is 8.21. The lowest BCUT2D eigenvalue weighted by atomic mass is 10.0. The van der Waals surface area contributed by atoms with Crippen LogP contribution in [0.25, 0.3) is 0 Å². The Morgan fingerprint density at radius 3 is 0.750 bits per heavy atom. The van der Waals surface area contributed by atoms with Crippen LogP contribution in [-0.2, 0) is 18.0 Å². The van der Waals surface area contributed by atoms with E-state index in [1.165, 1.54) is 204 Å². The van der Waals surface area contributed by atoms with E-state index in [0.29, 0.717) is 12.8 Å². The average molecular weight is 661 g/mol. The number of carbonyl (C=O) groups excluding carboxylic acids is 2. The predicted molar refractivity (Wildman–Crippen MR) is 198 cm³/mol. The molecular weight excluding hydrogens is 585 g/mol. The van der Waals surface area contributed by atoms with Crippen molar-refractivity contribution in [1.82, 2.24) is 0 Å². The minimum absolute atomic E-state index is 0.100. The first-order valence-electron chi connectivity index (χ1n) is 19.3. The number of hydrogen-bond donors (Lipinski definition) is 0. The smallest absolute Gasteiger partial charge is 0.317 e. The topological polar surface area (TPSA) is 52.6 Å². The predicted octanol–water partition coefficient (Wildman–Crippen LogP) is 14.1. The van der Waals surface area contributed by atoms with Gasteiger partial charge in [-0.2, -0.15) is 0 Å². The van der Waals surface area contributed by atoms with Crippen LogP contribution in [0.5, 0.6) is 0 Å². The van der Waals surface area contributed by atoms with E-state index < -0.39 is 0 Å². The largest absolute Gasteiger partial charge is 0.391 e. The summed E-state index contributed by atoms with van der Waals surface area (Å²) in [7, 11) is 0. The minimum Gasteiger partial charge on any atom is -0.391 e. The third-order valence-electron chi connectivity index (χ3n) is 8.04. The Kier molecular flexibility index (Phi) is 44.3. The van der Waals surface area contributed by atoms with Crippen LogP contribution in [0.4, 0.5) is 0 Å². The van der Waals surface area contributed by atoms with E-state index in [1.807, 2.05) is 13.8 Å². The van der Waals surface area contributed by atoms with Gasteiger partial charge < -0.3 is 8.37 Å². The molecule has 0 aliphatic rings. The zero-order chi connectivity index (χ0) is 32.6. The quantitative estimate of drug-likeness (QED) is 0.0506. The normalized spacial score (nSPS) is 10.8. The molecule has 0 fully saturated rings. The second-order valence-electron chi connectivity index (χ2n) is 12.5. The van der Waals surface area contributed by atoms with E-state index in [-0.39, 0.29) is 11.9 Å². The fourth-order valence-electron chi connectivity index (χ4n) is 5.04. The maximum absolute atomic E-state index is 10.9. The van der Waals surface area contributed by atoms with Crippen LogP contribution >= 0.6 is 24.1 Å². The molecule has 0 aromatic carbocycles. The SMILES string of the molecule is CCCCCCCCCCCCCCCCCCSOC(=O)CC.CCCCCCCCCCCCCCSOC(=O)CC. The Morgan fingerprint density at radius 2 is 0.545 bits per heavy atom. The van der Waals surface area contributed by atoms with Gasteiger partial charge in [-0.3, -0.25) is 9.59 Å². The summed E-state index contributed by atoms with van der Waals surface area (Å²) in [5.41, 5.74) is 0. The number of unbranched alkanes of at least 4 members (excludes halogenated alkanes) is 26. The van der Waals surface area contributed by atoms with Gasteiger partial charge in [0.05, 0.1) is 24.1 Å². The summed E-state index contributed by atoms with van der Waals surface area (Å²) in [6, 6.07) is 0. The van der Waals surface area contributed by atoms with Gasteiger partial charge in [-0.25, -0.2) is 0 Å². The number of carbonyl (C=O) groups is 2. The Labute approximate surface area is 284 Å². The van der Waals surface area contributed by atoms with Crippen LogP contribution in [0.3, 0.4) is 0 Å². The molecule has 0 aliphatic heterocycles. The third kappa shape index (κ3) is 43.8. The standard InChI is InChI=1S/C21H42O2S.C17H34O2S/c1-3-5-6-7-8-9-10-11-12-13-14-15-16-17-18-19-20-24-23-21(22)4-2;1-3-5-6-7-8-9-10-11-12-13-14-15-16-20-19-17(18)4-2/h3-20H2,1-2H3;3-16H2,1-2H3. The fourth-order valence-corrected chi connectivity index (χ4v) is 6.35. The lowest BCUT2D eigenvalue weighted by molar-refractivity contribution is -0.133. The fraction of sp³-hybridized carbons (Fsp3) is 0.947. The molecule has 0 unspecified atom stereocenters. The highest BCUT2D eigenvalue weighted by Crippen LogP contribution is 2.16. The van der Waals surface area contributed by atoms with E-state index in [2.05, 4.69) is 13.8 Å². The van der Waals surface area contributed by atoms with E-state index >= 15 is 0 Å². The van der Waals surface area contributed by atoms with E-state index in [4.69, 9.17) is 8.37 Å². The van der Waals surface area contributed by atoms with Gasteiger partial charge in [-0.05, 0) is 12.8 Å². The molecule has 0 bridgehead atoms. The number of rotatable bonds is 34. The maximum Gasteiger partial charge on any atom is 0.317 e. The summed E-state index contributed by atoms with van der Waals surface area (Å²) in [5.74, 6) is 1.69. The lowest BCUT2D eigenvalue weighted by Crippen LogP contribution is -1.96. The summed E-state index contributed by atoms with van der Waals surface area (Å²) in [6.07, 6.45) is 39.7. The summed E-state index contributed by atoms with van der Waals surface area (Å²) < 4.78 is 9.96. The molecule has 0 atom stereocenters. The van der Waals surface area contributed by atoms with Crippen molar-refractivity contribution in [1.29, 1.82) is 0 Å². The maximum atomic E-state index is 10.9. The monoisotopic (exact) mass is 661 g/mol. The molecule has 0 spiro atoms.